The molecule has 2 unspecified atom stereocenters. The van der Waals surface area contributed by atoms with Gasteiger partial charge in [-0.15, -0.1) is 0 Å². The summed E-state index contributed by atoms with van der Waals surface area (Å²) in [6.07, 6.45) is 4.93. The standard InChI is InChI=1S/C15H18N2O4/c1-10-12(6-8-21-10)9-17-15(20)14-11(3-2-7-16-14)4-5-13(18)19/h2-5,7,10,12H,6,8-9H2,1H3,(H,17,20)(H,18,19)/b5-4+. The molecule has 6 nitrogen and oxygen atoms in total. The fraction of sp³-hybridized carbons (Fsp3) is 0.400. The van der Waals surface area contributed by atoms with Gasteiger partial charge in [0.1, 0.15) is 5.69 Å². The Balaban J connectivity index is 2.03. The van der Waals surface area contributed by atoms with E-state index in [1.54, 1.807) is 12.1 Å². The van der Waals surface area contributed by atoms with Crippen LogP contribution in [-0.4, -0.2) is 41.2 Å². The zero-order chi connectivity index (χ0) is 15.2. The van der Waals surface area contributed by atoms with E-state index in [0.29, 0.717) is 18.0 Å². The second-order valence-corrected chi connectivity index (χ2v) is 4.95. The summed E-state index contributed by atoms with van der Waals surface area (Å²) in [7, 11) is 0. The first kappa shape index (κ1) is 15.2. The van der Waals surface area contributed by atoms with Gasteiger partial charge in [-0.1, -0.05) is 6.07 Å². The molecule has 1 aromatic heterocycles. The molecule has 0 radical (unpaired) electrons. The zero-order valence-electron chi connectivity index (χ0n) is 11.8. The Labute approximate surface area is 122 Å². The molecule has 1 aromatic rings. The SMILES string of the molecule is CC1OCCC1CNC(=O)c1ncccc1/C=C/C(=O)O. The van der Waals surface area contributed by atoms with Crippen LogP contribution in [0, 0.1) is 5.92 Å². The van der Waals surface area contributed by atoms with Crippen molar-refractivity contribution in [3.05, 3.63) is 35.7 Å². The van der Waals surface area contributed by atoms with Gasteiger partial charge < -0.3 is 15.2 Å². The summed E-state index contributed by atoms with van der Waals surface area (Å²) >= 11 is 0. The Morgan fingerprint density at radius 1 is 1.57 bits per heavy atom. The second kappa shape index (κ2) is 6.99. The molecule has 0 aliphatic carbocycles. The van der Waals surface area contributed by atoms with Crippen LogP contribution in [0.1, 0.15) is 29.4 Å². The predicted octanol–water partition coefficient (Wildman–Crippen LogP) is 1.33. The molecule has 0 aromatic carbocycles. The molecule has 1 amide bonds. The Hall–Kier alpha value is -2.21. The summed E-state index contributed by atoms with van der Waals surface area (Å²) in [5.41, 5.74) is 0.703. The van der Waals surface area contributed by atoms with Crippen LogP contribution >= 0.6 is 0 Å². The number of carbonyl (C=O) groups excluding carboxylic acids is 1. The van der Waals surface area contributed by atoms with Crippen LogP contribution in [0.5, 0.6) is 0 Å². The molecule has 6 heteroatoms. The lowest BCUT2D eigenvalue weighted by Crippen LogP contribution is -2.32. The summed E-state index contributed by atoms with van der Waals surface area (Å²) in [5, 5.41) is 11.5. The summed E-state index contributed by atoms with van der Waals surface area (Å²) in [6.45, 7) is 3.24. The smallest absolute Gasteiger partial charge is 0.328 e. The lowest BCUT2D eigenvalue weighted by Gasteiger charge is -2.14. The van der Waals surface area contributed by atoms with Crippen LogP contribution < -0.4 is 5.32 Å². The number of rotatable bonds is 5. The van der Waals surface area contributed by atoms with Crippen molar-refractivity contribution in [3.63, 3.8) is 0 Å². The van der Waals surface area contributed by atoms with Gasteiger partial charge in [0.05, 0.1) is 6.10 Å². The fourth-order valence-corrected chi connectivity index (χ4v) is 2.25. The number of nitrogens with one attached hydrogen (secondary N) is 1. The number of carboxylic acids is 1. The maximum absolute atomic E-state index is 12.2. The third-order valence-electron chi connectivity index (χ3n) is 3.52. The van der Waals surface area contributed by atoms with Gasteiger partial charge in [-0.2, -0.15) is 0 Å². The molecule has 21 heavy (non-hydrogen) atoms. The molecule has 0 saturated carbocycles. The zero-order valence-corrected chi connectivity index (χ0v) is 11.8. The third-order valence-corrected chi connectivity index (χ3v) is 3.52. The first-order chi connectivity index (χ1) is 10.1. The number of ether oxygens (including phenoxy) is 1. The van der Waals surface area contributed by atoms with E-state index in [0.717, 1.165) is 19.1 Å². The molecule has 1 fully saturated rings. The predicted molar refractivity (Wildman–Crippen MR) is 76.8 cm³/mol. The van der Waals surface area contributed by atoms with Crippen LogP contribution in [0.3, 0.4) is 0 Å². The molecule has 1 saturated heterocycles. The number of pyridine rings is 1. The van der Waals surface area contributed by atoms with Gasteiger partial charge in [-0.05, 0) is 25.5 Å². The van der Waals surface area contributed by atoms with Gasteiger partial charge in [0, 0.05) is 36.9 Å². The third kappa shape index (κ3) is 4.13. The van der Waals surface area contributed by atoms with Crippen molar-refractivity contribution >= 4 is 18.0 Å². The van der Waals surface area contributed by atoms with Gasteiger partial charge in [-0.25, -0.2) is 4.79 Å². The minimum Gasteiger partial charge on any atom is -0.478 e. The van der Waals surface area contributed by atoms with Crippen LogP contribution in [0.15, 0.2) is 24.4 Å². The molecule has 1 aliphatic rings. The number of nitrogens with zero attached hydrogens (tertiary/aromatic N) is 1. The van der Waals surface area contributed by atoms with Crippen molar-refractivity contribution in [1.82, 2.24) is 10.3 Å². The second-order valence-electron chi connectivity index (χ2n) is 4.95. The number of aromatic nitrogens is 1. The van der Waals surface area contributed by atoms with E-state index in [1.165, 1.54) is 12.3 Å². The molecular weight excluding hydrogens is 272 g/mol. The van der Waals surface area contributed by atoms with Gasteiger partial charge in [0.2, 0.25) is 0 Å². The van der Waals surface area contributed by atoms with Crippen LogP contribution in [0.4, 0.5) is 0 Å². The lowest BCUT2D eigenvalue weighted by molar-refractivity contribution is -0.131. The summed E-state index contributed by atoms with van der Waals surface area (Å²) in [4.78, 5) is 26.8. The molecular formula is C15H18N2O4. The molecule has 2 rings (SSSR count). The molecule has 0 bridgehead atoms. The highest BCUT2D eigenvalue weighted by Crippen LogP contribution is 2.19. The number of amides is 1. The lowest BCUT2D eigenvalue weighted by atomic mass is 10.0. The van der Waals surface area contributed by atoms with E-state index in [9.17, 15) is 9.59 Å². The Morgan fingerprint density at radius 3 is 3.05 bits per heavy atom. The summed E-state index contributed by atoms with van der Waals surface area (Å²) < 4.78 is 5.45. The Kier molecular flexibility index (Phi) is 5.05. The number of hydrogen-bond donors (Lipinski definition) is 2. The number of hydrogen-bond acceptors (Lipinski definition) is 4. The summed E-state index contributed by atoms with van der Waals surface area (Å²) in [6, 6.07) is 3.31. The normalized spacial score (nSPS) is 21.6. The number of carboxylic acid groups (broad SMARTS) is 1. The average Bonchev–Trinajstić information content (AvgIpc) is 2.88. The quantitative estimate of drug-likeness (QED) is 0.799. The first-order valence-electron chi connectivity index (χ1n) is 6.83. The van der Waals surface area contributed by atoms with E-state index in [2.05, 4.69) is 10.3 Å². The highest BCUT2D eigenvalue weighted by Gasteiger charge is 2.25. The maximum atomic E-state index is 12.2. The monoisotopic (exact) mass is 290 g/mol. The average molecular weight is 290 g/mol. The molecule has 2 heterocycles. The molecule has 0 spiro atoms. The van der Waals surface area contributed by atoms with Crippen molar-refractivity contribution in [2.75, 3.05) is 13.2 Å². The van der Waals surface area contributed by atoms with Gasteiger partial charge in [0.15, 0.2) is 0 Å². The van der Waals surface area contributed by atoms with Crippen molar-refractivity contribution in [3.8, 4) is 0 Å². The molecule has 1 aliphatic heterocycles. The summed E-state index contributed by atoms with van der Waals surface area (Å²) in [5.74, 6) is -1.07. The van der Waals surface area contributed by atoms with E-state index in [4.69, 9.17) is 9.84 Å². The molecule has 2 atom stereocenters. The van der Waals surface area contributed by atoms with Crippen molar-refractivity contribution in [2.45, 2.75) is 19.4 Å². The topological polar surface area (TPSA) is 88.5 Å². The van der Waals surface area contributed by atoms with Crippen LogP contribution in [0.25, 0.3) is 6.08 Å². The highest BCUT2D eigenvalue weighted by atomic mass is 16.5. The Morgan fingerprint density at radius 2 is 2.38 bits per heavy atom. The van der Waals surface area contributed by atoms with Gasteiger partial charge in [-0.3, -0.25) is 9.78 Å². The fourth-order valence-electron chi connectivity index (χ4n) is 2.25. The Bertz CT molecular complexity index is 556. The van der Waals surface area contributed by atoms with Crippen LogP contribution in [-0.2, 0) is 9.53 Å². The van der Waals surface area contributed by atoms with E-state index >= 15 is 0 Å². The molecule has 112 valence electrons. The highest BCUT2D eigenvalue weighted by molar-refractivity contribution is 5.97. The van der Waals surface area contributed by atoms with Crippen molar-refractivity contribution in [1.29, 1.82) is 0 Å². The van der Waals surface area contributed by atoms with Crippen molar-refractivity contribution < 1.29 is 19.4 Å². The largest absolute Gasteiger partial charge is 0.478 e. The minimum atomic E-state index is -1.07. The van der Waals surface area contributed by atoms with E-state index in [1.807, 2.05) is 6.92 Å². The minimum absolute atomic E-state index is 0.139. The van der Waals surface area contributed by atoms with E-state index < -0.39 is 5.97 Å². The maximum Gasteiger partial charge on any atom is 0.328 e. The number of carbonyl (C=O) groups is 2. The number of aliphatic carboxylic acids is 1. The van der Waals surface area contributed by atoms with Gasteiger partial charge in [0.25, 0.3) is 5.91 Å². The van der Waals surface area contributed by atoms with Crippen molar-refractivity contribution in [2.24, 2.45) is 5.92 Å². The molecule has 2 N–H and O–H groups in total. The van der Waals surface area contributed by atoms with Gasteiger partial charge >= 0.3 is 5.97 Å². The van der Waals surface area contributed by atoms with Crippen LogP contribution in [0.2, 0.25) is 0 Å². The van der Waals surface area contributed by atoms with E-state index in [-0.39, 0.29) is 17.7 Å². The first-order valence-corrected chi connectivity index (χ1v) is 6.83.